The Morgan fingerprint density at radius 1 is 1.30 bits per heavy atom. The summed E-state index contributed by atoms with van der Waals surface area (Å²) in [7, 11) is 1.97. The lowest BCUT2D eigenvalue weighted by Gasteiger charge is -2.32. The molecule has 1 aliphatic heterocycles. The summed E-state index contributed by atoms with van der Waals surface area (Å²) in [6.07, 6.45) is 5.05. The Kier molecular flexibility index (Phi) is 9.84. The molecule has 1 aromatic heterocycles. The molecule has 2 aromatic rings. The molecular weight excluding hydrogens is 385 g/mol. The van der Waals surface area contributed by atoms with E-state index in [1.54, 1.807) is 6.20 Å². The van der Waals surface area contributed by atoms with E-state index in [0.717, 1.165) is 37.4 Å². The second kappa shape index (κ2) is 11.3. The average Bonchev–Trinajstić information content (AvgIpc) is 3.10. The van der Waals surface area contributed by atoms with Crippen molar-refractivity contribution in [1.29, 1.82) is 0 Å². The Balaban J connectivity index is 0.00000182. The van der Waals surface area contributed by atoms with Crippen LogP contribution in [0.4, 0.5) is 0 Å². The number of likely N-dealkylation sites (tertiary alicyclic amines) is 1. The van der Waals surface area contributed by atoms with Crippen LogP contribution in [-0.2, 0) is 11.2 Å². The zero-order valence-electron chi connectivity index (χ0n) is 15.9. The summed E-state index contributed by atoms with van der Waals surface area (Å²) in [5.74, 6) is 2.16. The fraction of sp³-hybridized carbons (Fsp3) is 0.500. The first kappa shape index (κ1) is 23.5. The molecule has 0 spiro atoms. The smallest absolute Gasteiger partial charge is 0.223 e. The number of nitrogens with one attached hydrogen (secondary N) is 1. The van der Waals surface area contributed by atoms with E-state index < -0.39 is 0 Å². The minimum absolute atomic E-state index is 0. The fourth-order valence-corrected chi connectivity index (χ4v) is 3.40. The molecule has 1 atom stereocenters. The Labute approximate surface area is 173 Å². The quantitative estimate of drug-likeness (QED) is 0.780. The van der Waals surface area contributed by atoms with E-state index in [9.17, 15) is 4.79 Å². The van der Waals surface area contributed by atoms with Gasteiger partial charge in [0.1, 0.15) is 0 Å². The van der Waals surface area contributed by atoms with Crippen LogP contribution in [0.5, 0.6) is 0 Å². The van der Waals surface area contributed by atoms with Crippen LogP contribution in [0.25, 0.3) is 11.3 Å². The average molecular weight is 414 g/mol. The van der Waals surface area contributed by atoms with Crippen molar-refractivity contribution in [2.45, 2.75) is 32.6 Å². The standard InChI is InChI=1S/C20H27N3O2.2ClH/c1-15-5-7-17(8-6-15)18-13-22-19(25-18)9-10-20(24)23-11-3-4-16(14-23)12-21-2;;/h5-8,13,16,21H,3-4,9-12,14H2,1-2H3;2*1H. The number of piperidine rings is 1. The lowest BCUT2D eigenvalue weighted by atomic mass is 9.97. The molecule has 1 aromatic carbocycles. The Bertz CT molecular complexity index is 702. The van der Waals surface area contributed by atoms with Gasteiger partial charge in [-0.1, -0.05) is 29.8 Å². The van der Waals surface area contributed by atoms with Gasteiger partial charge in [-0.3, -0.25) is 4.79 Å². The van der Waals surface area contributed by atoms with Crippen LogP contribution in [0, 0.1) is 12.8 Å². The molecule has 1 aliphatic rings. The normalized spacial score (nSPS) is 16.4. The van der Waals surface area contributed by atoms with Crippen molar-refractivity contribution < 1.29 is 9.21 Å². The molecule has 1 amide bonds. The molecule has 2 heterocycles. The summed E-state index contributed by atoms with van der Waals surface area (Å²) in [5.41, 5.74) is 2.23. The number of rotatable bonds is 6. The van der Waals surface area contributed by atoms with Crippen LogP contribution in [0.15, 0.2) is 34.9 Å². The highest BCUT2D eigenvalue weighted by atomic mass is 35.5. The molecule has 1 saturated heterocycles. The highest BCUT2D eigenvalue weighted by molar-refractivity contribution is 5.85. The number of aromatic nitrogens is 1. The van der Waals surface area contributed by atoms with Crippen LogP contribution in [0.3, 0.4) is 0 Å². The van der Waals surface area contributed by atoms with E-state index in [0.29, 0.717) is 24.7 Å². The lowest BCUT2D eigenvalue weighted by Crippen LogP contribution is -2.42. The topological polar surface area (TPSA) is 58.4 Å². The van der Waals surface area contributed by atoms with Gasteiger partial charge in [0.05, 0.1) is 6.20 Å². The summed E-state index contributed by atoms with van der Waals surface area (Å²) in [6.45, 7) is 4.77. The van der Waals surface area contributed by atoms with Crippen molar-refractivity contribution in [3.05, 3.63) is 41.9 Å². The van der Waals surface area contributed by atoms with Crippen molar-refractivity contribution in [1.82, 2.24) is 15.2 Å². The Hall–Kier alpha value is -1.56. The Morgan fingerprint density at radius 2 is 2.04 bits per heavy atom. The first-order chi connectivity index (χ1) is 12.2. The molecule has 0 radical (unpaired) electrons. The van der Waals surface area contributed by atoms with E-state index in [1.807, 2.05) is 24.1 Å². The Morgan fingerprint density at radius 3 is 2.74 bits per heavy atom. The van der Waals surface area contributed by atoms with Crippen LogP contribution in [0.1, 0.15) is 30.7 Å². The first-order valence-corrected chi connectivity index (χ1v) is 9.10. The highest BCUT2D eigenvalue weighted by Gasteiger charge is 2.23. The zero-order chi connectivity index (χ0) is 17.6. The summed E-state index contributed by atoms with van der Waals surface area (Å²) in [6, 6.07) is 8.17. The zero-order valence-corrected chi connectivity index (χ0v) is 17.6. The van der Waals surface area contributed by atoms with Gasteiger partial charge >= 0.3 is 0 Å². The van der Waals surface area contributed by atoms with Crippen molar-refractivity contribution in [3.63, 3.8) is 0 Å². The number of carbonyl (C=O) groups excluding carboxylic acids is 1. The second-order valence-corrected chi connectivity index (χ2v) is 6.89. The first-order valence-electron chi connectivity index (χ1n) is 9.10. The molecule has 7 heteroatoms. The van der Waals surface area contributed by atoms with E-state index >= 15 is 0 Å². The van der Waals surface area contributed by atoms with Gasteiger partial charge in [0.25, 0.3) is 0 Å². The van der Waals surface area contributed by atoms with Gasteiger partial charge < -0.3 is 14.6 Å². The summed E-state index contributed by atoms with van der Waals surface area (Å²) in [5, 5.41) is 3.21. The molecule has 0 aliphatic carbocycles. The van der Waals surface area contributed by atoms with Crippen LogP contribution < -0.4 is 5.32 Å². The van der Waals surface area contributed by atoms with E-state index in [4.69, 9.17) is 4.42 Å². The third-order valence-corrected chi connectivity index (χ3v) is 4.81. The van der Waals surface area contributed by atoms with Gasteiger partial charge in [0.2, 0.25) is 5.91 Å². The van der Waals surface area contributed by atoms with E-state index in [1.165, 1.54) is 12.0 Å². The fourth-order valence-electron chi connectivity index (χ4n) is 3.40. The number of amides is 1. The molecule has 3 rings (SSSR count). The lowest BCUT2D eigenvalue weighted by molar-refractivity contribution is -0.133. The summed E-state index contributed by atoms with van der Waals surface area (Å²) < 4.78 is 5.82. The van der Waals surface area contributed by atoms with Gasteiger partial charge in [0, 0.05) is 31.5 Å². The molecular formula is C20H29Cl2N3O2. The van der Waals surface area contributed by atoms with Crippen LogP contribution in [0.2, 0.25) is 0 Å². The van der Waals surface area contributed by atoms with Gasteiger partial charge in [-0.15, -0.1) is 24.8 Å². The monoisotopic (exact) mass is 413 g/mol. The maximum atomic E-state index is 12.5. The number of aryl methyl sites for hydroxylation is 2. The summed E-state index contributed by atoms with van der Waals surface area (Å²) >= 11 is 0. The molecule has 0 saturated carbocycles. The number of halogens is 2. The highest BCUT2D eigenvalue weighted by Crippen LogP contribution is 2.22. The van der Waals surface area contributed by atoms with Crippen molar-refractivity contribution in [2.24, 2.45) is 5.92 Å². The molecule has 1 fully saturated rings. The third-order valence-electron chi connectivity index (χ3n) is 4.81. The molecule has 1 N–H and O–H groups in total. The number of hydrogen-bond donors (Lipinski definition) is 1. The van der Waals surface area contributed by atoms with Gasteiger partial charge in [-0.25, -0.2) is 4.98 Å². The minimum atomic E-state index is 0. The van der Waals surface area contributed by atoms with Crippen molar-refractivity contribution in [3.8, 4) is 11.3 Å². The van der Waals surface area contributed by atoms with Crippen molar-refractivity contribution in [2.75, 3.05) is 26.7 Å². The molecule has 0 bridgehead atoms. The third kappa shape index (κ3) is 6.52. The van der Waals surface area contributed by atoms with Crippen LogP contribution >= 0.6 is 24.8 Å². The molecule has 5 nitrogen and oxygen atoms in total. The molecule has 150 valence electrons. The number of oxazole rings is 1. The van der Waals surface area contributed by atoms with Gasteiger partial charge in [-0.2, -0.15) is 0 Å². The maximum Gasteiger partial charge on any atom is 0.223 e. The maximum absolute atomic E-state index is 12.5. The molecule has 1 unspecified atom stereocenters. The number of nitrogens with zero attached hydrogens (tertiary/aromatic N) is 2. The van der Waals surface area contributed by atoms with Gasteiger partial charge in [-0.05, 0) is 39.3 Å². The van der Waals surface area contributed by atoms with E-state index in [2.05, 4.69) is 29.4 Å². The van der Waals surface area contributed by atoms with Crippen LogP contribution in [-0.4, -0.2) is 42.5 Å². The number of carbonyl (C=O) groups is 1. The molecule has 27 heavy (non-hydrogen) atoms. The number of benzene rings is 1. The SMILES string of the molecule is CNCC1CCCN(C(=O)CCc2ncc(-c3ccc(C)cc3)o2)C1.Cl.Cl. The second-order valence-electron chi connectivity index (χ2n) is 6.89. The number of hydrogen-bond acceptors (Lipinski definition) is 4. The van der Waals surface area contributed by atoms with E-state index in [-0.39, 0.29) is 30.7 Å². The largest absolute Gasteiger partial charge is 0.441 e. The predicted molar refractivity (Wildman–Crippen MR) is 113 cm³/mol. The predicted octanol–water partition coefficient (Wildman–Crippen LogP) is 3.88. The minimum Gasteiger partial charge on any atom is -0.441 e. The van der Waals surface area contributed by atoms with Gasteiger partial charge in [0.15, 0.2) is 11.7 Å². The van der Waals surface area contributed by atoms with Crippen molar-refractivity contribution >= 4 is 30.7 Å². The summed E-state index contributed by atoms with van der Waals surface area (Å²) in [4.78, 5) is 18.8.